The maximum absolute atomic E-state index is 6.99. The minimum atomic E-state index is -0.279. The Morgan fingerprint density at radius 1 is 0.667 bits per heavy atom. The maximum Gasteiger partial charge on any atom is 0.256 e. The van der Waals surface area contributed by atoms with Gasteiger partial charge in [-0.2, -0.15) is 0 Å². The molecule has 11 rings (SSSR count). The number of hydrogen-bond acceptors (Lipinski definition) is 4. The quantitative estimate of drug-likeness (QED) is 0.173. The van der Waals surface area contributed by atoms with E-state index in [0.29, 0.717) is 0 Å². The molecule has 1 aliphatic carbocycles. The fourth-order valence-corrected chi connectivity index (χ4v) is 9.50. The zero-order valence-electron chi connectivity index (χ0n) is 32.5. The first-order valence-corrected chi connectivity index (χ1v) is 20.1. The van der Waals surface area contributed by atoms with Gasteiger partial charge in [0.05, 0.1) is 5.54 Å². The summed E-state index contributed by atoms with van der Waals surface area (Å²) in [6.07, 6.45) is 9.74. The summed E-state index contributed by atoms with van der Waals surface area (Å²) in [4.78, 5) is 4.89. The van der Waals surface area contributed by atoms with E-state index in [2.05, 4.69) is 206 Å². The zero-order valence-corrected chi connectivity index (χ0v) is 32.5. The molecule has 0 saturated heterocycles. The second-order valence-corrected chi connectivity index (χ2v) is 16.2. The number of para-hydroxylation sites is 3. The highest BCUT2D eigenvalue weighted by Crippen LogP contribution is 2.46. The first-order chi connectivity index (χ1) is 27.9. The predicted molar refractivity (Wildman–Crippen MR) is 243 cm³/mol. The van der Waals surface area contributed by atoms with Crippen molar-refractivity contribution in [3.05, 3.63) is 181 Å². The van der Waals surface area contributed by atoms with E-state index < -0.39 is 0 Å². The molecule has 0 saturated carbocycles. The lowest BCUT2D eigenvalue weighted by Gasteiger charge is -2.44. The lowest BCUT2D eigenvalue weighted by molar-refractivity contribution is 0.488. The number of benzene rings is 7. The number of nitrogens with zero attached hydrogens (tertiary/aromatic N) is 2. The second kappa shape index (κ2) is 13.0. The van der Waals surface area contributed by atoms with Crippen LogP contribution in [-0.2, 0) is 0 Å². The van der Waals surface area contributed by atoms with Gasteiger partial charge in [0.15, 0.2) is 7.28 Å². The number of nitrogens with one attached hydrogen (secondary N) is 1. The van der Waals surface area contributed by atoms with Gasteiger partial charge in [0.2, 0.25) is 0 Å². The normalized spacial score (nSPS) is 16.4. The fraction of sp³-hybridized carbons (Fsp3) is 0.0980. The van der Waals surface area contributed by atoms with E-state index in [1.807, 2.05) is 0 Å². The van der Waals surface area contributed by atoms with Crippen LogP contribution in [0, 0.1) is 13.8 Å². The Bertz CT molecular complexity index is 2760. The topological polar surface area (TPSA) is 27.7 Å². The van der Waals surface area contributed by atoms with E-state index >= 15 is 0 Å². The molecule has 1 unspecified atom stereocenters. The Hall–Kier alpha value is -6.65. The summed E-state index contributed by atoms with van der Waals surface area (Å²) < 4.78 is 6.99. The SMILES string of the molecule is Cc1ccc(N(c2ccc(C)cc2)c2ccc(-c3cc4c5c6c3Bc3ccccc3N6c3ccccc3B5c3ccccc3O4)c(NC3(C)C=CC=CC3)c2)cc1. The standard InChI is InChI=1S/C51H41B2N3O/c1-33-19-23-35(24-20-33)55(36-25-21-34(2)22-26-36)37-27-28-38(43(31-37)54-51(3)29-11-4-12-30-51)39-32-47-49-50-48(39)52-40-13-5-8-16-44(40)56(50)45-17-9-6-14-41(45)53(49)42-15-7-10-18-46(42)57-47/h4-29,31-32,52,54H,30H2,1-3H3. The van der Waals surface area contributed by atoms with Gasteiger partial charge in [0.1, 0.15) is 11.5 Å². The van der Waals surface area contributed by atoms with E-state index in [1.54, 1.807) is 0 Å². The number of fused-ring (bicyclic) bond motifs is 7. The third kappa shape index (κ3) is 5.46. The van der Waals surface area contributed by atoms with Crippen LogP contribution in [-0.4, -0.2) is 19.5 Å². The van der Waals surface area contributed by atoms with Gasteiger partial charge in [-0.3, -0.25) is 0 Å². The lowest BCUT2D eigenvalue weighted by atomic mass is 9.33. The molecule has 0 amide bonds. The number of rotatable bonds is 6. The Morgan fingerprint density at radius 2 is 1.33 bits per heavy atom. The number of hydrogen-bond donors (Lipinski definition) is 1. The summed E-state index contributed by atoms with van der Waals surface area (Å²) in [6.45, 7) is 6.65. The first-order valence-electron chi connectivity index (χ1n) is 20.1. The van der Waals surface area contributed by atoms with Gasteiger partial charge in [-0.1, -0.05) is 126 Å². The summed E-state index contributed by atoms with van der Waals surface area (Å²) in [5, 5.41) is 4.09. The molecular weight excluding hydrogens is 692 g/mol. The van der Waals surface area contributed by atoms with Gasteiger partial charge in [-0.05, 0) is 115 Å². The average molecular weight is 734 g/mol. The van der Waals surface area contributed by atoms with E-state index in [4.69, 9.17) is 4.74 Å². The van der Waals surface area contributed by atoms with Gasteiger partial charge in [-0.15, -0.1) is 0 Å². The van der Waals surface area contributed by atoms with Crippen molar-refractivity contribution in [2.75, 3.05) is 15.1 Å². The Morgan fingerprint density at radius 3 is 2.07 bits per heavy atom. The summed E-state index contributed by atoms with van der Waals surface area (Å²) >= 11 is 0. The fourth-order valence-electron chi connectivity index (χ4n) is 9.50. The van der Waals surface area contributed by atoms with E-state index in [-0.39, 0.29) is 12.3 Å². The van der Waals surface area contributed by atoms with Gasteiger partial charge in [0, 0.05) is 45.4 Å². The van der Waals surface area contributed by atoms with Gasteiger partial charge in [0.25, 0.3) is 6.71 Å². The number of ether oxygens (including phenoxy) is 1. The molecule has 7 aromatic rings. The molecule has 272 valence electrons. The Balaban J connectivity index is 1.17. The molecule has 7 aromatic carbocycles. The molecule has 4 nitrogen and oxygen atoms in total. The van der Waals surface area contributed by atoms with Crippen molar-refractivity contribution in [2.24, 2.45) is 0 Å². The van der Waals surface area contributed by atoms with Crippen LogP contribution in [0.2, 0.25) is 0 Å². The smallest absolute Gasteiger partial charge is 0.256 e. The Kier molecular flexibility index (Phi) is 7.65. The van der Waals surface area contributed by atoms with Crippen LogP contribution in [0.15, 0.2) is 170 Å². The third-order valence-electron chi connectivity index (χ3n) is 12.3. The van der Waals surface area contributed by atoms with Crippen molar-refractivity contribution >= 4 is 81.1 Å². The summed E-state index contributed by atoms with van der Waals surface area (Å²) in [5.41, 5.74) is 19.1. The number of allylic oxidation sites excluding steroid dienone is 2. The van der Waals surface area contributed by atoms with Gasteiger partial charge in [-0.25, -0.2) is 0 Å². The van der Waals surface area contributed by atoms with Crippen LogP contribution in [0.1, 0.15) is 24.5 Å². The van der Waals surface area contributed by atoms with E-state index in [9.17, 15) is 0 Å². The molecule has 0 aromatic heterocycles. The average Bonchev–Trinajstić information content (AvgIpc) is 3.24. The molecule has 0 fully saturated rings. The van der Waals surface area contributed by atoms with Crippen LogP contribution >= 0.6 is 0 Å². The monoisotopic (exact) mass is 733 g/mol. The molecule has 0 spiro atoms. The van der Waals surface area contributed by atoms with Crippen LogP contribution in [0.25, 0.3) is 11.1 Å². The van der Waals surface area contributed by atoms with Gasteiger partial charge >= 0.3 is 0 Å². The van der Waals surface area contributed by atoms with Crippen LogP contribution < -0.4 is 47.2 Å². The highest BCUT2D eigenvalue weighted by molar-refractivity contribution is 7.00. The van der Waals surface area contributed by atoms with Crippen molar-refractivity contribution in [1.82, 2.24) is 0 Å². The van der Waals surface area contributed by atoms with Crippen molar-refractivity contribution in [2.45, 2.75) is 32.7 Å². The minimum Gasteiger partial charge on any atom is -0.458 e. The predicted octanol–water partition coefficient (Wildman–Crippen LogP) is 9.23. The van der Waals surface area contributed by atoms with Crippen molar-refractivity contribution in [3.8, 4) is 22.6 Å². The highest BCUT2D eigenvalue weighted by atomic mass is 16.5. The zero-order chi connectivity index (χ0) is 38.3. The highest BCUT2D eigenvalue weighted by Gasteiger charge is 2.45. The van der Waals surface area contributed by atoms with Crippen LogP contribution in [0.4, 0.5) is 39.8 Å². The summed E-state index contributed by atoms with van der Waals surface area (Å²) in [7, 11) is 0.821. The van der Waals surface area contributed by atoms with Crippen LogP contribution in [0.3, 0.4) is 0 Å². The van der Waals surface area contributed by atoms with Crippen molar-refractivity contribution in [3.63, 3.8) is 0 Å². The maximum atomic E-state index is 6.99. The number of aryl methyl sites for hydroxylation is 2. The lowest BCUT2D eigenvalue weighted by Crippen LogP contribution is -2.62. The van der Waals surface area contributed by atoms with Crippen molar-refractivity contribution < 1.29 is 4.74 Å². The molecule has 3 heterocycles. The van der Waals surface area contributed by atoms with Gasteiger partial charge < -0.3 is 19.9 Å². The molecule has 57 heavy (non-hydrogen) atoms. The molecule has 0 radical (unpaired) electrons. The molecule has 1 N–H and O–H groups in total. The largest absolute Gasteiger partial charge is 0.458 e. The first kappa shape index (κ1) is 33.7. The van der Waals surface area contributed by atoms with E-state index in [1.165, 1.54) is 61.1 Å². The number of anilines is 7. The minimum absolute atomic E-state index is 0.0704. The van der Waals surface area contributed by atoms with E-state index in [0.717, 1.165) is 53.5 Å². The van der Waals surface area contributed by atoms with Crippen LogP contribution in [0.5, 0.6) is 11.5 Å². The summed E-state index contributed by atoms with van der Waals surface area (Å²) in [6, 6.07) is 53.5. The molecular formula is C51H41B2N3O. The molecule has 0 bridgehead atoms. The summed E-state index contributed by atoms with van der Waals surface area (Å²) in [5.74, 6) is 1.85. The molecule has 6 heteroatoms. The second-order valence-electron chi connectivity index (χ2n) is 16.2. The molecule has 3 aliphatic heterocycles. The third-order valence-corrected chi connectivity index (χ3v) is 12.3. The molecule has 4 aliphatic rings. The Labute approximate surface area is 336 Å². The molecule has 1 atom stereocenters. The van der Waals surface area contributed by atoms with Crippen molar-refractivity contribution in [1.29, 1.82) is 0 Å².